The second-order valence-corrected chi connectivity index (χ2v) is 5.50. The molecule has 7 heteroatoms. The highest BCUT2D eigenvalue weighted by atomic mass is 16.5. The Labute approximate surface area is 157 Å². The number of ether oxygens (including phenoxy) is 2. The Hall–Kier alpha value is -3.61. The Bertz CT molecular complexity index is 913. The highest BCUT2D eigenvalue weighted by Crippen LogP contribution is 2.26. The van der Waals surface area contributed by atoms with Crippen molar-refractivity contribution < 1.29 is 14.3 Å². The summed E-state index contributed by atoms with van der Waals surface area (Å²) in [6, 6.07) is 14.7. The minimum absolute atomic E-state index is 0.199. The molecule has 3 rings (SSSR count). The molecule has 2 aromatic carbocycles. The molecule has 1 aromatic heterocycles. The Morgan fingerprint density at radius 2 is 1.67 bits per heavy atom. The number of carbonyl (C=O) groups is 1. The standard InChI is InChI=1S/C20H20N4O3/c1-3-27-18-11-7-5-9-15(18)23-19-13-21-16(12-22-19)20(25)24-14-8-4-6-10-17(14)26-2/h4-13H,3H2,1-2H3,(H,22,23)(H,24,25). The highest BCUT2D eigenvalue weighted by molar-refractivity contribution is 6.03. The number of aromatic nitrogens is 2. The van der Waals surface area contributed by atoms with Gasteiger partial charge in [-0.3, -0.25) is 4.79 Å². The molecule has 27 heavy (non-hydrogen) atoms. The summed E-state index contributed by atoms with van der Waals surface area (Å²) in [6.07, 6.45) is 2.91. The minimum Gasteiger partial charge on any atom is -0.495 e. The normalized spacial score (nSPS) is 10.1. The second kappa shape index (κ2) is 8.66. The SMILES string of the molecule is CCOc1ccccc1Nc1cnc(C(=O)Nc2ccccc2OC)cn1. The number of anilines is 3. The number of hydrogen-bond donors (Lipinski definition) is 2. The van der Waals surface area contributed by atoms with Crippen LogP contribution < -0.4 is 20.1 Å². The van der Waals surface area contributed by atoms with Crippen LogP contribution in [0.1, 0.15) is 17.4 Å². The minimum atomic E-state index is -0.367. The molecule has 1 amide bonds. The first kappa shape index (κ1) is 18.2. The van der Waals surface area contributed by atoms with E-state index in [4.69, 9.17) is 9.47 Å². The second-order valence-electron chi connectivity index (χ2n) is 5.50. The predicted octanol–water partition coefficient (Wildman–Crippen LogP) is 3.88. The first-order valence-corrected chi connectivity index (χ1v) is 8.46. The van der Waals surface area contributed by atoms with Crippen LogP contribution in [0.15, 0.2) is 60.9 Å². The van der Waals surface area contributed by atoms with Crippen molar-refractivity contribution >= 4 is 23.1 Å². The smallest absolute Gasteiger partial charge is 0.275 e. The van der Waals surface area contributed by atoms with Gasteiger partial charge in [0.1, 0.15) is 23.0 Å². The molecule has 0 aliphatic heterocycles. The van der Waals surface area contributed by atoms with E-state index in [1.165, 1.54) is 12.4 Å². The molecular formula is C20H20N4O3. The summed E-state index contributed by atoms with van der Waals surface area (Å²) < 4.78 is 10.8. The van der Waals surface area contributed by atoms with E-state index < -0.39 is 0 Å². The molecule has 138 valence electrons. The van der Waals surface area contributed by atoms with Gasteiger partial charge in [0.25, 0.3) is 5.91 Å². The van der Waals surface area contributed by atoms with Gasteiger partial charge in [-0.25, -0.2) is 9.97 Å². The Kier molecular flexibility index (Phi) is 5.84. The number of para-hydroxylation sites is 4. The fourth-order valence-electron chi connectivity index (χ4n) is 2.43. The lowest BCUT2D eigenvalue weighted by atomic mass is 10.3. The largest absolute Gasteiger partial charge is 0.495 e. The number of carbonyl (C=O) groups excluding carboxylic acids is 1. The van der Waals surface area contributed by atoms with Crippen molar-refractivity contribution in [3.05, 3.63) is 66.6 Å². The third kappa shape index (κ3) is 4.52. The van der Waals surface area contributed by atoms with Gasteiger partial charge in [0.2, 0.25) is 0 Å². The van der Waals surface area contributed by atoms with E-state index in [1.54, 1.807) is 19.2 Å². The number of hydrogen-bond acceptors (Lipinski definition) is 6. The first-order chi connectivity index (χ1) is 13.2. The molecule has 0 atom stereocenters. The van der Waals surface area contributed by atoms with Gasteiger partial charge in [0.05, 0.1) is 37.5 Å². The quantitative estimate of drug-likeness (QED) is 0.662. The third-order valence-electron chi connectivity index (χ3n) is 3.69. The zero-order valence-corrected chi connectivity index (χ0v) is 15.1. The van der Waals surface area contributed by atoms with Gasteiger partial charge in [-0.05, 0) is 31.2 Å². The van der Waals surface area contributed by atoms with Crippen molar-refractivity contribution in [2.75, 3.05) is 24.4 Å². The molecule has 0 saturated heterocycles. The van der Waals surface area contributed by atoms with Gasteiger partial charge < -0.3 is 20.1 Å². The summed E-state index contributed by atoms with van der Waals surface area (Å²) in [6.45, 7) is 2.48. The molecular weight excluding hydrogens is 344 g/mol. The average Bonchev–Trinajstić information content (AvgIpc) is 2.70. The van der Waals surface area contributed by atoms with Crippen LogP contribution in [0.3, 0.4) is 0 Å². The van der Waals surface area contributed by atoms with E-state index in [9.17, 15) is 4.79 Å². The van der Waals surface area contributed by atoms with Crippen LogP contribution in [0.4, 0.5) is 17.2 Å². The van der Waals surface area contributed by atoms with Crippen molar-refractivity contribution in [1.29, 1.82) is 0 Å². The van der Waals surface area contributed by atoms with Crippen LogP contribution in [-0.4, -0.2) is 29.6 Å². The van der Waals surface area contributed by atoms with Crippen LogP contribution in [0.25, 0.3) is 0 Å². The molecule has 0 aliphatic rings. The van der Waals surface area contributed by atoms with Crippen molar-refractivity contribution in [1.82, 2.24) is 9.97 Å². The summed E-state index contributed by atoms with van der Waals surface area (Å²) in [7, 11) is 1.55. The number of benzene rings is 2. The first-order valence-electron chi connectivity index (χ1n) is 8.46. The van der Waals surface area contributed by atoms with Gasteiger partial charge in [-0.2, -0.15) is 0 Å². The van der Waals surface area contributed by atoms with E-state index >= 15 is 0 Å². The number of rotatable bonds is 7. The topological polar surface area (TPSA) is 85.4 Å². The summed E-state index contributed by atoms with van der Waals surface area (Å²) in [5, 5.41) is 5.91. The third-order valence-corrected chi connectivity index (χ3v) is 3.69. The Morgan fingerprint density at radius 1 is 0.963 bits per heavy atom. The molecule has 0 unspecified atom stereocenters. The van der Waals surface area contributed by atoms with Crippen molar-refractivity contribution in [2.45, 2.75) is 6.92 Å². The summed E-state index contributed by atoms with van der Waals surface area (Å²) >= 11 is 0. The molecule has 0 bridgehead atoms. The molecule has 2 N–H and O–H groups in total. The number of nitrogens with one attached hydrogen (secondary N) is 2. The van der Waals surface area contributed by atoms with Crippen LogP contribution in [0, 0.1) is 0 Å². The molecule has 3 aromatic rings. The summed E-state index contributed by atoms with van der Waals surface area (Å²) in [5.41, 5.74) is 1.55. The lowest BCUT2D eigenvalue weighted by Crippen LogP contribution is -2.14. The zero-order valence-electron chi connectivity index (χ0n) is 15.1. The van der Waals surface area contributed by atoms with Crippen LogP contribution in [-0.2, 0) is 0 Å². The maximum absolute atomic E-state index is 12.4. The molecule has 0 fully saturated rings. The number of methoxy groups -OCH3 is 1. The van der Waals surface area contributed by atoms with Crippen LogP contribution in [0.2, 0.25) is 0 Å². The molecule has 7 nitrogen and oxygen atoms in total. The van der Waals surface area contributed by atoms with Gasteiger partial charge >= 0.3 is 0 Å². The fourth-order valence-corrected chi connectivity index (χ4v) is 2.43. The van der Waals surface area contributed by atoms with Gasteiger partial charge in [-0.15, -0.1) is 0 Å². The molecule has 1 heterocycles. The maximum Gasteiger partial charge on any atom is 0.275 e. The van der Waals surface area contributed by atoms with Gasteiger partial charge in [0.15, 0.2) is 0 Å². The lowest BCUT2D eigenvalue weighted by Gasteiger charge is -2.12. The zero-order chi connectivity index (χ0) is 19.1. The van der Waals surface area contributed by atoms with E-state index in [0.717, 1.165) is 11.4 Å². The van der Waals surface area contributed by atoms with Crippen LogP contribution >= 0.6 is 0 Å². The molecule has 0 saturated carbocycles. The predicted molar refractivity (Wildman–Crippen MR) is 104 cm³/mol. The summed E-state index contributed by atoms with van der Waals surface area (Å²) in [4.78, 5) is 20.8. The number of amides is 1. The monoisotopic (exact) mass is 364 g/mol. The lowest BCUT2D eigenvalue weighted by molar-refractivity contribution is 0.102. The molecule has 0 radical (unpaired) electrons. The average molecular weight is 364 g/mol. The molecule has 0 aliphatic carbocycles. The van der Waals surface area contributed by atoms with E-state index in [-0.39, 0.29) is 11.6 Å². The Morgan fingerprint density at radius 3 is 2.33 bits per heavy atom. The van der Waals surface area contributed by atoms with E-state index in [0.29, 0.717) is 23.9 Å². The molecule has 0 spiro atoms. The Balaban J connectivity index is 1.71. The van der Waals surface area contributed by atoms with Crippen molar-refractivity contribution in [3.8, 4) is 11.5 Å². The van der Waals surface area contributed by atoms with Crippen molar-refractivity contribution in [3.63, 3.8) is 0 Å². The van der Waals surface area contributed by atoms with Crippen LogP contribution in [0.5, 0.6) is 11.5 Å². The number of nitrogens with zero attached hydrogens (tertiary/aromatic N) is 2. The van der Waals surface area contributed by atoms with E-state index in [1.807, 2.05) is 43.3 Å². The fraction of sp³-hybridized carbons (Fsp3) is 0.150. The highest BCUT2D eigenvalue weighted by Gasteiger charge is 2.12. The van der Waals surface area contributed by atoms with E-state index in [2.05, 4.69) is 20.6 Å². The van der Waals surface area contributed by atoms with Crippen molar-refractivity contribution in [2.24, 2.45) is 0 Å². The van der Waals surface area contributed by atoms with Gasteiger partial charge in [-0.1, -0.05) is 24.3 Å². The summed E-state index contributed by atoms with van der Waals surface area (Å²) in [5.74, 6) is 1.44. The maximum atomic E-state index is 12.4. The van der Waals surface area contributed by atoms with Gasteiger partial charge in [0, 0.05) is 0 Å².